The highest BCUT2D eigenvalue weighted by Crippen LogP contribution is 2.29. The van der Waals surface area contributed by atoms with E-state index in [0.717, 1.165) is 16.0 Å². The molecule has 3 nitrogen and oxygen atoms in total. The van der Waals surface area contributed by atoms with Crippen molar-refractivity contribution < 1.29 is 4.74 Å². The standard InChI is InChI=1S/C12H8N2OS/c1-2-4-9(5-3-1)15-12-11-10(6-7-16-11)13-8-14-12/h1-8H. The van der Waals surface area contributed by atoms with Crippen molar-refractivity contribution in [3.63, 3.8) is 0 Å². The molecule has 3 rings (SSSR count). The Morgan fingerprint density at radius 2 is 1.88 bits per heavy atom. The molecule has 0 N–H and O–H groups in total. The molecule has 0 saturated carbocycles. The molecule has 4 heteroatoms. The number of para-hydroxylation sites is 1. The number of aromatic nitrogens is 2. The number of hydrogen-bond acceptors (Lipinski definition) is 4. The number of thiophene rings is 1. The number of benzene rings is 1. The molecule has 0 atom stereocenters. The predicted molar refractivity (Wildman–Crippen MR) is 63.9 cm³/mol. The first-order chi connectivity index (χ1) is 7.93. The molecule has 0 spiro atoms. The summed E-state index contributed by atoms with van der Waals surface area (Å²) in [6.07, 6.45) is 1.52. The number of ether oxygens (including phenoxy) is 1. The van der Waals surface area contributed by atoms with Crippen molar-refractivity contribution in [1.82, 2.24) is 9.97 Å². The van der Waals surface area contributed by atoms with E-state index in [-0.39, 0.29) is 0 Å². The zero-order chi connectivity index (χ0) is 10.8. The van der Waals surface area contributed by atoms with Gasteiger partial charge in [0.1, 0.15) is 16.8 Å². The molecule has 2 heterocycles. The molecule has 0 radical (unpaired) electrons. The van der Waals surface area contributed by atoms with Crippen LogP contribution in [-0.2, 0) is 0 Å². The molecule has 1 aromatic carbocycles. The van der Waals surface area contributed by atoms with Gasteiger partial charge in [-0.05, 0) is 23.6 Å². The maximum absolute atomic E-state index is 5.71. The maximum Gasteiger partial charge on any atom is 0.240 e. The largest absolute Gasteiger partial charge is 0.437 e. The molecule has 2 aromatic heterocycles. The van der Waals surface area contributed by atoms with E-state index < -0.39 is 0 Å². The van der Waals surface area contributed by atoms with Gasteiger partial charge in [-0.3, -0.25) is 0 Å². The third kappa shape index (κ3) is 1.63. The Hall–Kier alpha value is -1.94. The highest BCUT2D eigenvalue weighted by molar-refractivity contribution is 7.17. The van der Waals surface area contributed by atoms with Crippen LogP contribution >= 0.6 is 11.3 Å². The quantitative estimate of drug-likeness (QED) is 0.673. The Morgan fingerprint density at radius 3 is 2.75 bits per heavy atom. The first-order valence-electron chi connectivity index (χ1n) is 4.84. The molecule has 0 aliphatic heterocycles. The summed E-state index contributed by atoms with van der Waals surface area (Å²) < 4.78 is 6.69. The zero-order valence-electron chi connectivity index (χ0n) is 8.33. The third-order valence-electron chi connectivity index (χ3n) is 2.17. The fourth-order valence-electron chi connectivity index (χ4n) is 1.44. The highest BCUT2D eigenvalue weighted by Gasteiger charge is 2.06. The SMILES string of the molecule is c1ccc(Oc2ncnc3ccsc23)cc1. The van der Waals surface area contributed by atoms with Gasteiger partial charge in [0.25, 0.3) is 0 Å². The fourth-order valence-corrected chi connectivity index (χ4v) is 2.21. The van der Waals surface area contributed by atoms with Crippen LogP contribution < -0.4 is 4.74 Å². The smallest absolute Gasteiger partial charge is 0.240 e. The summed E-state index contributed by atoms with van der Waals surface area (Å²) in [5, 5.41) is 1.98. The third-order valence-corrected chi connectivity index (χ3v) is 3.06. The molecule has 0 amide bonds. The van der Waals surface area contributed by atoms with Crippen LogP contribution in [0.25, 0.3) is 10.2 Å². The lowest BCUT2D eigenvalue weighted by Gasteiger charge is -2.04. The van der Waals surface area contributed by atoms with Crippen molar-refractivity contribution in [1.29, 1.82) is 0 Å². The number of nitrogens with zero attached hydrogens (tertiary/aromatic N) is 2. The molecule has 16 heavy (non-hydrogen) atoms. The average Bonchev–Trinajstić information content (AvgIpc) is 2.80. The van der Waals surface area contributed by atoms with E-state index in [9.17, 15) is 0 Å². The van der Waals surface area contributed by atoms with E-state index in [1.807, 2.05) is 41.8 Å². The van der Waals surface area contributed by atoms with E-state index in [4.69, 9.17) is 4.74 Å². The first-order valence-corrected chi connectivity index (χ1v) is 5.72. The molecule has 0 unspecified atom stereocenters. The monoisotopic (exact) mass is 228 g/mol. The Balaban J connectivity index is 2.04. The minimum atomic E-state index is 0.617. The summed E-state index contributed by atoms with van der Waals surface area (Å²) in [5.74, 6) is 1.40. The lowest BCUT2D eigenvalue weighted by Crippen LogP contribution is -1.88. The fraction of sp³-hybridized carbons (Fsp3) is 0. The second-order valence-corrected chi connectivity index (χ2v) is 4.15. The second kappa shape index (κ2) is 3.90. The summed E-state index contributed by atoms with van der Waals surface area (Å²) in [5.41, 5.74) is 0.922. The normalized spacial score (nSPS) is 10.5. The topological polar surface area (TPSA) is 35.0 Å². The molecular weight excluding hydrogens is 220 g/mol. The van der Waals surface area contributed by atoms with Crippen molar-refractivity contribution >= 4 is 21.6 Å². The summed E-state index contributed by atoms with van der Waals surface area (Å²) in [4.78, 5) is 8.31. The van der Waals surface area contributed by atoms with Crippen LogP contribution in [0.4, 0.5) is 0 Å². The van der Waals surface area contributed by atoms with Crippen LogP contribution in [0.5, 0.6) is 11.6 Å². The summed E-state index contributed by atoms with van der Waals surface area (Å²) >= 11 is 1.58. The molecule has 3 aromatic rings. The van der Waals surface area contributed by atoms with Gasteiger partial charge >= 0.3 is 0 Å². The van der Waals surface area contributed by atoms with Gasteiger partial charge in [0, 0.05) is 0 Å². The van der Waals surface area contributed by atoms with E-state index in [1.54, 1.807) is 11.3 Å². The minimum Gasteiger partial charge on any atom is -0.437 e. The lowest BCUT2D eigenvalue weighted by molar-refractivity contribution is 0.469. The molecule has 0 aliphatic carbocycles. The molecule has 0 aliphatic rings. The second-order valence-electron chi connectivity index (χ2n) is 3.23. The van der Waals surface area contributed by atoms with Gasteiger partial charge in [0.2, 0.25) is 5.88 Å². The summed E-state index contributed by atoms with van der Waals surface area (Å²) in [7, 11) is 0. The first kappa shape index (κ1) is 9.30. The van der Waals surface area contributed by atoms with E-state index >= 15 is 0 Å². The van der Waals surface area contributed by atoms with Crippen molar-refractivity contribution in [2.24, 2.45) is 0 Å². The highest BCUT2D eigenvalue weighted by atomic mass is 32.1. The molecule has 0 bridgehead atoms. The van der Waals surface area contributed by atoms with Crippen molar-refractivity contribution in [2.75, 3.05) is 0 Å². The zero-order valence-corrected chi connectivity index (χ0v) is 9.15. The van der Waals surface area contributed by atoms with Crippen LogP contribution in [0.1, 0.15) is 0 Å². The summed E-state index contributed by atoms with van der Waals surface area (Å²) in [6, 6.07) is 11.6. The van der Waals surface area contributed by atoms with Crippen LogP contribution in [-0.4, -0.2) is 9.97 Å². The summed E-state index contributed by atoms with van der Waals surface area (Å²) in [6.45, 7) is 0. The van der Waals surface area contributed by atoms with Crippen LogP contribution in [0, 0.1) is 0 Å². The average molecular weight is 228 g/mol. The van der Waals surface area contributed by atoms with Crippen LogP contribution in [0.2, 0.25) is 0 Å². The lowest BCUT2D eigenvalue weighted by atomic mass is 10.3. The number of rotatable bonds is 2. The maximum atomic E-state index is 5.71. The van der Waals surface area contributed by atoms with Crippen LogP contribution in [0.15, 0.2) is 48.1 Å². The van der Waals surface area contributed by atoms with Gasteiger partial charge in [0.15, 0.2) is 0 Å². The van der Waals surface area contributed by atoms with Gasteiger partial charge in [-0.15, -0.1) is 11.3 Å². The van der Waals surface area contributed by atoms with E-state index in [0.29, 0.717) is 5.88 Å². The predicted octanol–water partition coefficient (Wildman–Crippen LogP) is 3.48. The van der Waals surface area contributed by atoms with E-state index in [1.165, 1.54) is 6.33 Å². The van der Waals surface area contributed by atoms with E-state index in [2.05, 4.69) is 9.97 Å². The minimum absolute atomic E-state index is 0.617. The van der Waals surface area contributed by atoms with Crippen molar-refractivity contribution in [3.8, 4) is 11.6 Å². The Kier molecular flexibility index (Phi) is 2.27. The van der Waals surface area contributed by atoms with Gasteiger partial charge in [-0.2, -0.15) is 0 Å². The molecular formula is C12H8N2OS. The molecule has 0 fully saturated rings. The van der Waals surface area contributed by atoms with Gasteiger partial charge in [-0.25, -0.2) is 9.97 Å². The van der Waals surface area contributed by atoms with Gasteiger partial charge < -0.3 is 4.74 Å². The molecule has 78 valence electrons. The Morgan fingerprint density at radius 1 is 1.00 bits per heavy atom. The number of fused-ring (bicyclic) bond motifs is 1. The number of hydrogen-bond donors (Lipinski definition) is 0. The van der Waals surface area contributed by atoms with Crippen molar-refractivity contribution in [2.45, 2.75) is 0 Å². The van der Waals surface area contributed by atoms with Crippen LogP contribution in [0.3, 0.4) is 0 Å². The molecule has 0 saturated heterocycles. The van der Waals surface area contributed by atoms with Crippen molar-refractivity contribution in [3.05, 3.63) is 48.1 Å². The van der Waals surface area contributed by atoms with Gasteiger partial charge in [-0.1, -0.05) is 18.2 Å². The van der Waals surface area contributed by atoms with Gasteiger partial charge in [0.05, 0.1) is 5.52 Å². The Bertz CT molecular complexity index is 606. The Labute approximate surface area is 96.4 Å².